The van der Waals surface area contributed by atoms with Crippen molar-refractivity contribution in [2.45, 2.75) is 32.8 Å². The van der Waals surface area contributed by atoms with Crippen molar-refractivity contribution in [1.82, 2.24) is 0 Å². The highest BCUT2D eigenvalue weighted by atomic mass is 16.5. The minimum absolute atomic E-state index is 0.0155. The molecule has 0 bridgehead atoms. The van der Waals surface area contributed by atoms with Gasteiger partial charge in [0.2, 0.25) is 5.43 Å². The third kappa shape index (κ3) is 4.97. The zero-order valence-electron chi connectivity index (χ0n) is 16.6. The van der Waals surface area contributed by atoms with Crippen molar-refractivity contribution in [3.63, 3.8) is 0 Å². The first-order valence-electron chi connectivity index (χ1n) is 9.25. The number of hydrogen-bond donors (Lipinski definition) is 3. The minimum atomic E-state index is -0.833. The summed E-state index contributed by atoms with van der Waals surface area (Å²) in [6, 6.07) is 7.28. The van der Waals surface area contributed by atoms with Gasteiger partial charge in [-0.2, -0.15) is 0 Å². The van der Waals surface area contributed by atoms with Crippen LogP contribution in [-0.4, -0.2) is 27.5 Å². The Morgan fingerprint density at radius 3 is 2.66 bits per heavy atom. The van der Waals surface area contributed by atoms with Crippen LogP contribution in [0.5, 0.6) is 17.2 Å². The molecule has 0 aliphatic carbocycles. The van der Waals surface area contributed by atoms with Crippen LogP contribution in [0.3, 0.4) is 0 Å². The van der Waals surface area contributed by atoms with Crippen LogP contribution in [0.4, 0.5) is 0 Å². The quantitative estimate of drug-likeness (QED) is 0.422. The first-order chi connectivity index (χ1) is 13.6. The van der Waals surface area contributed by atoms with Crippen LogP contribution in [0.15, 0.2) is 63.3 Å². The van der Waals surface area contributed by atoms with Gasteiger partial charge in [-0.15, -0.1) is 0 Å². The molecular formula is C23H24O6. The molecule has 0 radical (unpaired) electrons. The van der Waals surface area contributed by atoms with Crippen molar-refractivity contribution in [3.8, 4) is 17.2 Å². The Balaban J connectivity index is 1.80. The SMILES string of the molecule is CC(=CCOc1ccc2oc3cc(O)cc(O)c3c(=O)c2c1)CC=CC(C)(C)O. The van der Waals surface area contributed by atoms with Gasteiger partial charge < -0.3 is 24.5 Å². The molecule has 0 fully saturated rings. The van der Waals surface area contributed by atoms with E-state index in [9.17, 15) is 20.1 Å². The van der Waals surface area contributed by atoms with E-state index in [4.69, 9.17) is 9.15 Å². The van der Waals surface area contributed by atoms with E-state index in [0.717, 1.165) is 11.6 Å². The Labute approximate surface area is 168 Å². The molecule has 1 heterocycles. The summed E-state index contributed by atoms with van der Waals surface area (Å²) < 4.78 is 11.4. The molecule has 29 heavy (non-hydrogen) atoms. The molecule has 0 amide bonds. The Bertz CT molecular complexity index is 1160. The predicted octanol–water partition coefficient (Wildman–Crippen LogP) is 4.40. The molecule has 6 heteroatoms. The second-order valence-corrected chi connectivity index (χ2v) is 7.55. The molecular weight excluding hydrogens is 372 g/mol. The second kappa shape index (κ2) is 8.01. The highest BCUT2D eigenvalue weighted by Gasteiger charge is 2.13. The number of benzene rings is 2. The summed E-state index contributed by atoms with van der Waals surface area (Å²) in [6.45, 7) is 5.73. The number of allylic oxidation sites excluding steroid dienone is 2. The van der Waals surface area contributed by atoms with Crippen LogP contribution >= 0.6 is 0 Å². The summed E-state index contributed by atoms with van der Waals surface area (Å²) in [7, 11) is 0. The molecule has 3 N–H and O–H groups in total. The maximum Gasteiger partial charge on any atom is 0.204 e. The first kappa shape index (κ1) is 20.5. The van der Waals surface area contributed by atoms with Gasteiger partial charge in [-0.05, 0) is 51.5 Å². The monoisotopic (exact) mass is 396 g/mol. The van der Waals surface area contributed by atoms with E-state index in [2.05, 4.69) is 0 Å². The molecule has 0 atom stereocenters. The zero-order chi connectivity index (χ0) is 21.2. The molecule has 6 nitrogen and oxygen atoms in total. The number of ether oxygens (including phenoxy) is 1. The summed E-state index contributed by atoms with van der Waals surface area (Å²) in [6.07, 6.45) is 6.28. The van der Waals surface area contributed by atoms with Gasteiger partial charge in [-0.25, -0.2) is 0 Å². The van der Waals surface area contributed by atoms with E-state index in [-0.39, 0.29) is 27.9 Å². The summed E-state index contributed by atoms with van der Waals surface area (Å²) in [4.78, 5) is 12.8. The fraction of sp³-hybridized carbons (Fsp3) is 0.261. The Morgan fingerprint density at radius 2 is 1.93 bits per heavy atom. The molecule has 0 unspecified atom stereocenters. The Kier molecular flexibility index (Phi) is 5.66. The molecule has 0 saturated heterocycles. The smallest absolute Gasteiger partial charge is 0.204 e. The lowest BCUT2D eigenvalue weighted by Crippen LogP contribution is -2.13. The standard InChI is InChI=1S/C23H24O6/c1-14(5-4-9-23(2,3)27)8-10-28-16-6-7-19-17(13-16)22(26)21-18(25)11-15(24)12-20(21)29-19/h4,6-9,11-13,24-25,27H,5,10H2,1-3H3. The summed E-state index contributed by atoms with van der Waals surface area (Å²) in [5.41, 5.74) is 0.309. The van der Waals surface area contributed by atoms with Gasteiger partial charge in [0.05, 0.1) is 11.0 Å². The average molecular weight is 396 g/mol. The van der Waals surface area contributed by atoms with E-state index in [1.54, 1.807) is 38.1 Å². The summed E-state index contributed by atoms with van der Waals surface area (Å²) in [5, 5.41) is 29.6. The molecule has 1 aromatic heterocycles. The summed E-state index contributed by atoms with van der Waals surface area (Å²) in [5.74, 6) is -0.0184. The lowest BCUT2D eigenvalue weighted by Gasteiger charge is -2.10. The average Bonchev–Trinajstić information content (AvgIpc) is 2.60. The van der Waals surface area contributed by atoms with E-state index in [1.165, 1.54) is 6.07 Å². The van der Waals surface area contributed by atoms with Crippen molar-refractivity contribution < 1.29 is 24.5 Å². The van der Waals surface area contributed by atoms with Crippen molar-refractivity contribution in [1.29, 1.82) is 0 Å². The van der Waals surface area contributed by atoms with E-state index >= 15 is 0 Å². The number of hydrogen-bond acceptors (Lipinski definition) is 6. The van der Waals surface area contributed by atoms with E-state index in [0.29, 0.717) is 24.4 Å². The van der Waals surface area contributed by atoms with Gasteiger partial charge in [0.1, 0.15) is 40.4 Å². The highest BCUT2D eigenvalue weighted by Crippen LogP contribution is 2.30. The number of fused-ring (bicyclic) bond motifs is 2. The van der Waals surface area contributed by atoms with E-state index < -0.39 is 11.0 Å². The second-order valence-electron chi connectivity index (χ2n) is 7.55. The van der Waals surface area contributed by atoms with Gasteiger partial charge in [-0.3, -0.25) is 4.79 Å². The van der Waals surface area contributed by atoms with Crippen LogP contribution in [0, 0.1) is 0 Å². The van der Waals surface area contributed by atoms with Crippen molar-refractivity contribution >= 4 is 21.9 Å². The van der Waals surface area contributed by atoms with Gasteiger partial charge in [0.25, 0.3) is 0 Å². The molecule has 0 aliphatic heterocycles. The largest absolute Gasteiger partial charge is 0.508 e. The van der Waals surface area contributed by atoms with Crippen LogP contribution in [-0.2, 0) is 0 Å². The molecule has 3 rings (SSSR count). The highest BCUT2D eigenvalue weighted by molar-refractivity contribution is 5.94. The number of aromatic hydroxyl groups is 2. The maximum atomic E-state index is 12.8. The first-order valence-corrected chi connectivity index (χ1v) is 9.25. The van der Waals surface area contributed by atoms with Crippen LogP contribution in [0.1, 0.15) is 27.2 Å². The number of rotatable bonds is 6. The lowest BCUT2D eigenvalue weighted by molar-refractivity contribution is 0.133. The lowest BCUT2D eigenvalue weighted by atomic mass is 10.1. The predicted molar refractivity (Wildman–Crippen MR) is 113 cm³/mol. The molecule has 0 spiro atoms. The number of phenolic OH excluding ortho intramolecular Hbond substituents is 2. The zero-order valence-corrected chi connectivity index (χ0v) is 16.6. The van der Waals surface area contributed by atoms with Gasteiger partial charge in [0, 0.05) is 12.1 Å². The summed E-state index contributed by atoms with van der Waals surface area (Å²) >= 11 is 0. The third-order valence-electron chi connectivity index (χ3n) is 4.36. The van der Waals surface area contributed by atoms with Gasteiger partial charge in [0.15, 0.2) is 0 Å². The van der Waals surface area contributed by atoms with Crippen molar-refractivity contribution in [3.05, 3.63) is 64.4 Å². The molecule has 0 aliphatic rings. The molecule has 0 saturated carbocycles. The number of phenols is 2. The van der Waals surface area contributed by atoms with Crippen LogP contribution < -0.4 is 10.2 Å². The maximum absolute atomic E-state index is 12.8. The molecule has 3 aromatic rings. The van der Waals surface area contributed by atoms with Gasteiger partial charge >= 0.3 is 0 Å². The fourth-order valence-electron chi connectivity index (χ4n) is 2.91. The Hall–Kier alpha value is -3.25. The topological polar surface area (TPSA) is 100 Å². The molecule has 152 valence electrons. The number of aliphatic hydroxyl groups is 1. The van der Waals surface area contributed by atoms with Gasteiger partial charge in [-0.1, -0.05) is 17.7 Å². The van der Waals surface area contributed by atoms with Crippen LogP contribution in [0.25, 0.3) is 21.9 Å². The fourth-order valence-corrected chi connectivity index (χ4v) is 2.91. The third-order valence-corrected chi connectivity index (χ3v) is 4.36. The van der Waals surface area contributed by atoms with E-state index in [1.807, 2.05) is 19.1 Å². The van der Waals surface area contributed by atoms with Crippen molar-refractivity contribution in [2.24, 2.45) is 0 Å². The minimum Gasteiger partial charge on any atom is -0.508 e. The van der Waals surface area contributed by atoms with Crippen molar-refractivity contribution in [2.75, 3.05) is 6.61 Å². The normalized spacial score (nSPS) is 12.9. The van der Waals surface area contributed by atoms with Crippen LogP contribution in [0.2, 0.25) is 0 Å². The molecule has 2 aromatic carbocycles. The Morgan fingerprint density at radius 1 is 1.17 bits per heavy atom.